The van der Waals surface area contributed by atoms with Gasteiger partial charge in [0.2, 0.25) is 15.9 Å². The lowest BCUT2D eigenvalue weighted by Crippen LogP contribution is -2.54. The molecule has 2 aliphatic heterocycles. The van der Waals surface area contributed by atoms with Crippen LogP contribution in [0.25, 0.3) is 0 Å². The molecule has 7 nitrogen and oxygen atoms in total. The summed E-state index contributed by atoms with van der Waals surface area (Å²) in [6, 6.07) is 6.69. The van der Waals surface area contributed by atoms with Crippen molar-refractivity contribution in [1.29, 1.82) is 0 Å². The molecule has 2 amide bonds. The van der Waals surface area contributed by atoms with Crippen LogP contribution in [0.2, 0.25) is 0 Å². The zero-order valence-corrected chi connectivity index (χ0v) is 19.0. The van der Waals surface area contributed by atoms with Crippen molar-refractivity contribution in [2.45, 2.75) is 57.7 Å². The number of amides is 2. The Bertz CT molecular complexity index is 870. The minimum atomic E-state index is -3.31. The van der Waals surface area contributed by atoms with Gasteiger partial charge in [-0.15, -0.1) is 0 Å². The fourth-order valence-corrected chi connectivity index (χ4v) is 5.60. The van der Waals surface area contributed by atoms with Crippen LogP contribution in [0.15, 0.2) is 24.3 Å². The molecule has 2 saturated heterocycles. The van der Waals surface area contributed by atoms with Crippen molar-refractivity contribution in [2.24, 2.45) is 5.92 Å². The highest BCUT2D eigenvalue weighted by molar-refractivity contribution is 7.89. The summed E-state index contributed by atoms with van der Waals surface area (Å²) in [6.45, 7) is 7.50. The molecule has 0 unspecified atom stereocenters. The van der Waals surface area contributed by atoms with Gasteiger partial charge in [-0.05, 0) is 64.5 Å². The SMILES string of the molecule is Cc1cccc(C(=O)N[C@H](C(=O)N2CCCC2)C2CCN(S(=O)(=O)C(C)C)CC2)c1. The summed E-state index contributed by atoms with van der Waals surface area (Å²) in [5.41, 5.74) is 1.52. The average Bonchev–Trinajstić information content (AvgIpc) is 3.26. The molecule has 8 heteroatoms. The Balaban J connectivity index is 1.75. The maximum absolute atomic E-state index is 13.2. The van der Waals surface area contributed by atoms with E-state index in [1.165, 1.54) is 4.31 Å². The van der Waals surface area contributed by atoms with E-state index in [2.05, 4.69) is 5.32 Å². The van der Waals surface area contributed by atoms with E-state index in [4.69, 9.17) is 0 Å². The lowest BCUT2D eigenvalue weighted by Gasteiger charge is -2.37. The first-order valence-corrected chi connectivity index (χ1v) is 12.4. The van der Waals surface area contributed by atoms with Crippen LogP contribution in [-0.4, -0.2) is 66.9 Å². The third-order valence-corrected chi connectivity index (χ3v) is 8.45. The molecule has 1 aromatic carbocycles. The summed E-state index contributed by atoms with van der Waals surface area (Å²) in [5, 5.41) is 2.52. The third kappa shape index (κ3) is 5.03. The summed E-state index contributed by atoms with van der Waals surface area (Å²) >= 11 is 0. The predicted octanol–water partition coefficient (Wildman–Crippen LogP) is 2.17. The number of nitrogens with zero attached hydrogens (tertiary/aromatic N) is 2. The van der Waals surface area contributed by atoms with E-state index in [0.717, 1.165) is 31.5 Å². The quantitative estimate of drug-likeness (QED) is 0.742. The van der Waals surface area contributed by atoms with Crippen LogP contribution in [0.4, 0.5) is 0 Å². The lowest BCUT2D eigenvalue weighted by atomic mass is 9.89. The molecule has 0 bridgehead atoms. The minimum Gasteiger partial charge on any atom is -0.341 e. The number of carbonyl (C=O) groups is 2. The van der Waals surface area contributed by atoms with Crippen LogP contribution in [0, 0.1) is 12.8 Å². The van der Waals surface area contributed by atoms with Gasteiger partial charge in [0.25, 0.3) is 5.91 Å². The van der Waals surface area contributed by atoms with Gasteiger partial charge >= 0.3 is 0 Å². The molecule has 0 spiro atoms. The molecule has 166 valence electrons. The van der Waals surface area contributed by atoms with E-state index in [1.807, 2.05) is 30.0 Å². The second kappa shape index (κ2) is 9.47. The summed E-state index contributed by atoms with van der Waals surface area (Å²) in [5.74, 6) is -0.377. The average molecular weight is 436 g/mol. The Morgan fingerprint density at radius 2 is 1.70 bits per heavy atom. The zero-order chi connectivity index (χ0) is 21.9. The van der Waals surface area contributed by atoms with Crippen molar-refractivity contribution in [3.8, 4) is 0 Å². The molecule has 0 aliphatic carbocycles. The van der Waals surface area contributed by atoms with Gasteiger partial charge in [-0.1, -0.05) is 17.7 Å². The standard InChI is InChI=1S/C22H33N3O4S/c1-16(2)30(28,29)25-13-9-18(10-14-25)20(22(27)24-11-4-5-12-24)23-21(26)19-8-6-7-17(3)15-19/h6-8,15-16,18,20H,4-5,9-14H2,1-3H3,(H,23,26)/t20-/m0/s1. The number of piperidine rings is 1. The topological polar surface area (TPSA) is 86.8 Å². The molecule has 0 saturated carbocycles. The lowest BCUT2D eigenvalue weighted by molar-refractivity contribution is -0.133. The number of hydrogen-bond donors (Lipinski definition) is 1. The van der Waals surface area contributed by atoms with Crippen molar-refractivity contribution in [1.82, 2.24) is 14.5 Å². The summed E-state index contributed by atoms with van der Waals surface area (Å²) in [6.07, 6.45) is 3.08. The van der Waals surface area contributed by atoms with E-state index in [9.17, 15) is 18.0 Å². The van der Waals surface area contributed by atoms with Crippen molar-refractivity contribution in [3.05, 3.63) is 35.4 Å². The van der Waals surface area contributed by atoms with Crippen LogP contribution in [-0.2, 0) is 14.8 Å². The molecule has 0 aromatic heterocycles. The Labute approximate surface area is 179 Å². The van der Waals surface area contributed by atoms with Crippen molar-refractivity contribution in [3.63, 3.8) is 0 Å². The monoisotopic (exact) mass is 435 g/mol. The summed E-state index contributed by atoms with van der Waals surface area (Å²) in [4.78, 5) is 28.0. The number of sulfonamides is 1. The Morgan fingerprint density at radius 1 is 1.07 bits per heavy atom. The molecule has 2 heterocycles. The molecule has 1 aromatic rings. The van der Waals surface area contributed by atoms with E-state index in [1.54, 1.807) is 19.9 Å². The van der Waals surface area contributed by atoms with E-state index in [-0.39, 0.29) is 17.7 Å². The Kier molecular flexibility index (Phi) is 7.18. The van der Waals surface area contributed by atoms with Crippen LogP contribution < -0.4 is 5.32 Å². The number of likely N-dealkylation sites (tertiary alicyclic amines) is 1. The number of rotatable bonds is 6. The minimum absolute atomic E-state index is 0.0429. The second-order valence-corrected chi connectivity index (χ2v) is 11.2. The molecule has 2 fully saturated rings. The molecule has 30 heavy (non-hydrogen) atoms. The molecule has 0 radical (unpaired) electrons. The van der Waals surface area contributed by atoms with Gasteiger partial charge in [0.15, 0.2) is 0 Å². The third-order valence-electron chi connectivity index (χ3n) is 6.18. The van der Waals surface area contributed by atoms with Gasteiger partial charge in [-0.3, -0.25) is 9.59 Å². The maximum atomic E-state index is 13.2. The van der Waals surface area contributed by atoms with Gasteiger partial charge in [0.1, 0.15) is 6.04 Å². The molecule has 3 rings (SSSR count). The smallest absolute Gasteiger partial charge is 0.251 e. The first kappa shape index (κ1) is 22.7. The summed E-state index contributed by atoms with van der Waals surface area (Å²) in [7, 11) is -3.31. The van der Waals surface area contributed by atoms with Gasteiger partial charge in [-0.2, -0.15) is 0 Å². The number of hydrogen-bond acceptors (Lipinski definition) is 4. The molecule has 2 aliphatic rings. The first-order valence-electron chi connectivity index (χ1n) is 10.9. The van der Waals surface area contributed by atoms with E-state index >= 15 is 0 Å². The van der Waals surface area contributed by atoms with Crippen LogP contribution in [0.1, 0.15) is 55.5 Å². The first-order chi connectivity index (χ1) is 14.2. The number of benzene rings is 1. The molecular formula is C22H33N3O4S. The molecule has 1 atom stereocenters. The number of nitrogens with one attached hydrogen (secondary N) is 1. The van der Waals surface area contributed by atoms with Gasteiger partial charge < -0.3 is 10.2 Å². The zero-order valence-electron chi connectivity index (χ0n) is 18.1. The van der Waals surface area contributed by atoms with E-state index in [0.29, 0.717) is 31.5 Å². The number of carbonyl (C=O) groups excluding carboxylic acids is 2. The van der Waals surface area contributed by atoms with Crippen molar-refractivity contribution < 1.29 is 18.0 Å². The number of aryl methyl sites for hydroxylation is 1. The molecule has 1 N–H and O–H groups in total. The fraction of sp³-hybridized carbons (Fsp3) is 0.636. The highest BCUT2D eigenvalue weighted by atomic mass is 32.2. The van der Waals surface area contributed by atoms with Crippen molar-refractivity contribution in [2.75, 3.05) is 26.2 Å². The second-order valence-electron chi connectivity index (χ2n) is 8.68. The fourth-order valence-electron chi connectivity index (χ4n) is 4.29. The maximum Gasteiger partial charge on any atom is 0.251 e. The largest absolute Gasteiger partial charge is 0.341 e. The Hall–Kier alpha value is -1.93. The summed E-state index contributed by atoms with van der Waals surface area (Å²) < 4.78 is 26.5. The predicted molar refractivity (Wildman–Crippen MR) is 117 cm³/mol. The molecular weight excluding hydrogens is 402 g/mol. The normalized spacial score (nSPS) is 19.8. The Morgan fingerprint density at radius 3 is 2.27 bits per heavy atom. The highest BCUT2D eigenvalue weighted by Crippen LogP contribution is 2.26. The van der Waals surface area contributed by atoms with E-state index < -0.39 is 21.3 Å². The van der Waals surface area contributed by atoms with Crippen LogP contribution >= 0.6 is 0 Å². The van der Waals surface area contributed by atoms with Gasteiger partial charge in [0.05, 0.1) is 5.25 Å². The van der Waals surface area contributed by atoms with Gasteiger partial charge in [-0.25, -0.2) is 12.7 Å². The van der Waals surface area contributed by atoms with Crippen molar-refractivity contribution >= 4 is 21.8 Å². The highest BCUT2D eigenvalue weighted by Gasteiger charge is 2.38. The van der Waals surface area contributed by atoms with Crippen LogP contribution in [0.3, 0.4) is 0 Å². The van der Waals surface area contributed by atoms with Crippen LogP contribution in [0.5, 0.6) is 0 Å². The van der Waals surface area contributed by atoms with Gasteiger partial charge in [0, 0.05) is 31.7 Å².